The number of anilines is 1. The summed E-state index contributed by atoms with van der Waals surface area (Å²) >= 11 is 0. The van der Waals surface area contributed by atoms with Crippen LogP contribution in [0.15, 0.2) is 42.5 Å². The average molecular weight is 301 g/mol. The van der Waals surface area contributed by atoms with Gasteiger partial charge in [0.2, 0.25) is 0 Å². The number of phenolic OH excluding ortho intramolecular Hbond substituents is 1. The maximum Gasteiger partial charge on any atom is 0.573 e. The first-order valence-corrected chi connectivity index (χ1v) is 5.91. The number of nitrogens with one attached hydrogen (secondary N) is 1. The molecule has 7 heteroatoms. The molecule has 0 aliphatic rings. The van der Waals surface area contributed by atoms with Crippen LogP contribution in [0.2, 0.25) is 0 Å². The van der Waals surface area contributed by atoms with E-state index in [1.54, 1.807) is 6.07 Å². The molecule has 3 nitrogen and oxygen atoms in total. The molecule has 0 saturated heterocycles. The van der Waals surface area contributed by atoms with Gasteiger partial charge in [-0.1, -0.05) is 18.2 Å². The van der Waals surface area contributed by atoms with Crippen molar-refractivity contribution in [1.82, 2.24) is 0 Å². The number of halogens is 4. The summed E-state index contributed by atoms with van der Waals surface area (Å²) in [5.74, 6) is -1.65. The van der Waals surface area contributed by atoms with Gasteiger partial charge in [0.25, 0.3) is 0 Å². The van der Waals surface area contributed by atoms with Gasteiger partial charge < -0.3 is 15.2 Å². The first-order chi connectivity index (χ1) is 9.85. The molecule has 0 heterocycles. The molecule has 0 bridgehead atoms. The first-order valence-electron chi connectivity index (χ1n) is 5.91. The third-order valence-electron chi connectivity index (χ3n) is 2.61. The van der Waals surface area contributed by atoms with E-state index < -0.39 is 17.9 Å². The maximum absolute atomic E-state index is 13.2. The molecule has 0 aromatic heterocycles. The van der Waals surface area contributed by atoms with Crippen LogP contribution in [0.1, 0.15) is 5.56 Å². The topological polar surface area (TPSA) is 41.5 Å². The Hall–Kier alpha value is -2.44. The van der Waals surface area contributed by atoms with E-state index in [1.807, 2.05) is 0 Å². The predicted octanol–water partition coefficient (Wildman–Crippen LogP) is 4.04. The largest absolute Gasteiger partial charge is 0.573 e. The van der Waals surface area contributed by atoms with E-state index in [1.165, 1.54) is 30.3 Å². The van der Waals surface area contributed by atoms with Gasteiger partial charge in [-0.15, -0.1) is 13.2 Å². The molecule has 0 atom stereocenters. The van der Waals surface area contributed by atoms with Gasteiger partial charge in [0.15, 0.2) is 17.3 Å². The molecule has 112 valence electrons. The van der Waals surface area contributed by atoms with Gasteiger partial charge in [-0.2, -0.15) is 0 Å². The number of aromatic hydroxyl groups is 1. The first kappa shape index (κ1) is 15.0. The summed E-state index contributed by atoms with van der Waals surface area (Å²) in [5, 5.41) is 11.8. The zero-order valence-electron chi connectivity index (χ0n) is 10.6. The number of phenols is 1. The maximum atomic E-state index is 13.2. The second-order valence-corrected chi connectivity index (χ2v) is 4.18. The van der Waals surface area contributed by atoms with Crippen LogP contribution in [0, 0.1) is 5.82 Å². The van der Waals surface area contributed by atoms with E-state index in [-0.39, 0.29) is 18.0 Å². The summed E-state index contributed by atoms with van der Waals surface area (Å²) in [4.78, 5) is 0. The van der Waals surface area contributed by atoms with Crippen LogP contribution in [0.5, 0.6) is 11.5 Å². The van der Waals surface area contributed by atoms with Crippen LogP contribution in [0.3, 0.4) is 0 Å². The number of alkyl halides is 3. The van der Waals surface area contributed by atoms with Crippen molar-refractivity contribution >= 4 is 5.69 Å². The third-order valence-corrected chi connectivity index (χ3v) is 2.61. The molecule has 2 rings (SSSR count). The fraction of sp³-hybridized carbons (Fsp3) is 0.143. The number of hydrogen-bond donors (Lipinski definition) is 2. The molecule has 0 unspecified atom stereocenters. The molecule has 0 aliphatic carbocycles. The molecule has 2 aromatic rings. The molecule has 2 N–H and O–H groups in total. The van der Waals surface area contributed by atoms with E-state index in [0.717, 1.165) is 6.07 Å². The number of hydrogen-bond acceptors (Lipinski definition) is 3. The van der Waals surface area contributed by atoms with Crippen LogP contribution in [-0.4, -0.2) is 11.5 Å². The highest BCUT2D eigenvalue weighted by Crippen LogP contribution is 2.30. The van der Waals surface area contributed by atoms with Crippen LogP contribution >= 0.6 is 0 Å². The standard InChI is InChI=1S/C14H11F4NO2/c15-10-7-9(5-6-12(10)20)8-19-11-3-1-2-4-13(11)21-14(16,17)18/h1-7,19-20H,8H2. The normalized spacial score (nSPS) is 11.2. The highest BCUT2D eigenvalue weighted by molar-refractivity contribution is 5.56. The summed E-state index contributed by atoms with van der Waals surface area (Å²) < 4.78 is 53.8. The lowest BCUT2D eigenvalue weighted by molar-refractivity contribution is -0.274. The highest BCUT2D eigenvalue weighted by atomic mass is 19.4. The number of benzene rings is 2. The lowest BCUT2D eigenvalue weighted by Crippen LogP contribution is -2.18. The van der Waals surface area contributed by atoms with E-state index in [9.17, 15) is 17.6 Å². The van der Waals surface area contributed by atoms with Crippen molar-refractivity contribution in [2.24, 2.45) is 0 Å². The molecular weight excluding hydrogens is 290 g/mol. The molecule has 0 spiro atoms. The molecule has 21 heavy (non-hydrogen) atoms. The molecule has 2 aromatic carbocycles. The molecular formula is C14H11F4NO2. The van der Waals surface area contributed by atoms with E-state index in [4.69, 9.17) is 5.11 Å². The van der Waals surface area contributed by atoms with Crippen molar-refractivity contribution in [3.8, 4) is 11.5 Å². The SMILES string of the molecule is Oc1ccc(CNc2ccccc2OC(F)(F)F)cc1F. The zero-order chi connectivity index (χ0) is 15.5. The van der Waals surface area contributed by atoms with Crippen LogP contribution in [0.25, 0.3) is 0 Å². The van der Waals surface area contributed by atoms with Gasteiger partial charge in [-0.3, -0.25) is 0 Å². The van der Waals surface area contributed by atoms with Gasteiger partial charge in [0.05, 0.1) is 5.69 Å². The van der Waals surface area contributed by atoms with Gasteiger partial charge in [-0.05, 0) is 29.8 Å². The number of para-hydroxylation sites is 2. The monoisotopic (exact) mass is 301 g/mol. The number of rotatable bonds is 4. The molecule has 0 saturated carbocycles. The fourth-order valence-electron chi connectivity index (χ4n) is 1.68. The van der Waals surface area contributed by atoms with Crippen LogP contribution in [-0.2, 0) is 6.54 Å². The minimum Gasteiger partial charge on any atom is -0.505 e. The lowest BCUT2D eigenvalue weighted by atomic mass is 10.2. The second kappa shape index (κ2) is 5.90. The zero-order valence-corrected chi connectivity index (χ0v) is 10.6. The Morgan fingerprint density at radius 1 is 1.10 bits per heavy atom. The molecule has 0 radical (unpaired) electrons. The van der Waals surface area contributed by atoms with Crippen LogP contribution in [0.4, 0.5) is 23.2 Å². The Morgan fingerprint density at radius 2 is 1.81 bits per heavy atom. The lowest BCUT2D eigenvalue weighted by Gasteiger charge is -2.14. The smallest absolute Gasteiger partial charge is 0.505 e. The molecule has 0 amide bonds. The van der Waals surface area contributed by atoms with Crippen LogP contribution < -0.4 is 10.1 Å². The summed E-state index contributed by atoms with van der Waals surface area (Å²) in [6.45, 7) is 0.0788. The predicted molar refractivity (Wildman–Crippen MR) is 68.5 cm³/mol. The molecule has 0 aliphatic heterocycles. The molecule has 0 fully saturated rings. The van der Waals surface area contributed by atoms with Crippen molar-refractivity contribution < 1.29 is 27.4 Å². The van der Waals surface area contributed by atoms with Crippen molar-refractivity contribution in [3.63, 3.8) is 0 Å². The Labute approximate surface area is 117 Å². The Balaban J connectivity index is 2.11. The quantitative estimate of drug-likeness (QED) is 0.837. The van der Waals surface area contributed by atoms with Gasteiger partial charge >= 0.3 is 6.36 Å². The fourth-order valence-corrected chi connectivity index (χ4v) is 1.68. The number of ether oxygens (including phenoxy) is 1. The van der Waals surface area contributed by atoms with Crippen molar-refractivity contribution in [1.29, 1.82) is 0 Å². The van der Waals surface area contributed by atoms with Gasteiger partial charge in [0, 0.05) is 6.54 Å². The summed E-state index contributed by atoms with van der Waals surface area (Å²) in [7, 11) is 0. The minimum atomic E-state index is -4.79. The summed E-state index contributed by atoms with van der Waals surface area (Å²) in [6.07, 6.45) is -4.79. The van der Waals surface area contributed by atoms with E-state index >= 15 is 0 Å². The van der Waals surface area contributed by atoms with Gasteiger partial charge in [-0.25, -0.2) is 4.39 Å². The van der Waals surface area contributed by atoms with E-state index in [0.29, 0.717) is 5.56 Å². The Kier molecular flexibility index (Phi) is 4.21. The van der Waals surface area contributed by atoms with Gasteiger partial charge in [0.1, 0.15) is 0 Å². The second-order valence-electron chi connectivity index (χ2n) is 4.18. The van der Waals surface area contributed by atoms with E-state index in [2.05, 4.69) is 10.1 Å². The highest BCUT2D eigenvalue weighted by Gasteiger charge is 2.32. The van der Waals surface area contributed by atoms with Crippen molar-refractivity contribution in [2.75, 3.05) is 5.32 Å². The van der Waals surface area contributed by atoms with Crippen molar-refractivity contribution in [3.05, 3.63) is 53.8 Å². The third kappa shape index (κ3) is 4.27. The van der Waals surface area contributed by atoms with Crippen molar-refractivity contribution in [2.45, 2.75) is 12.9 Å². The minimum absolute atomic E-state index is 0.0788. The Morgan fingerprint density at radius 3 is 2.48 bits per heavy atom. The average Bonchev–Trinajstić information content (AvgIpc) is 2.40. The Bertz CT molecular complexity index is 629. The summed E-state index contributed by atoms with van der Waals surface area (Å²) in [6, 6.07) is 9.26. The summed E-state index contributed by atoms with van der Waals surface area (Å²) in [5.41, 5.74) is 0.593.